The van der Waals surface area contributed by atoms with Crippen LogP contribution in [-0.4, -0.2) is 31.7 Å². The van der Waals surface area contributed by atoms with Gasteiger partial charge in [-0.2, -0.15) is 0 Å². The summed E-state index contributed by atoms with van der Waals surface area (Å²) in [5.41, 5.74) is 2.21. The van der Waals surface area contributed by atoms with Crippen LogP contribution in [0.25, 0.3) is 0 Å². The molecule has 1 aliphatic carbocycles. The molecule has 0 saturated heterocycles. The Hall–Kier alpha value is -1.75. The average Bonchev–Trinajstić information content (AvgIpc) is 3.17. The summed E-state index contributed by atoms with van der Waals surface area (Å²) in [4.78, 5) is 11.6. The third-order valence-corrected chi connectivity index (χ3v) is 3.84. The molecule has 0 bridgehead atoms. The lowest BCUT2D eigenvalue weighted by atomic mass is 10.1. The SMILES string of the molecule is COc1cc2c(cc1CNCC(=O)NC1CC1)OC(C)C2. The number of methoxy groups -OCH3 is 1. The van der Waals surface area contributed by atoms with Crippen molar-refractivity contribution in [3.8, 4) is 11.5 Å². The maximum Gasteiger partial charge on any atom is 0.234 e. The van der Waals surface area contributed by atoms with Crippen LogP contribution in [0.4, 0.5) is 0 Å². The van der Waals surface area contributed by atoms with Crippen molar-refractivity contribution >= 4 is 5.91 Å². The number of nitrogens with one attached hydrogen (secondary N) is 2. The summed E-state index contributed by atoms with van der Waals surface area (Å²) >= 11 is 0. The van der Waals surface area contributed by atoms with Crippen molar-refractivity contribution in [2.45, 2.75) is 44.9 Å². The Kier molecular flexibility index (Phi) is 4.01. The molecule has 0 spiro atoms. The number of ether oxygens (including phenoxy) is 2. The molecule has 114 valence electrons. The van der Waals surface area contributed by atoms with Gasteiger partial charge in [0.1, 0.15) is 17.6 Å². The highest BCUT2D eigenvalue weighted by Crippen LogP contribution is 2.34. The van der Waals surface area contributed by atoms with Crippen molar-refractivity contribution < 1.29 is 14.3 Å². The van der Waals surface area contributed by atoms with E-state index in [2.05, 4.69) is 17.6 Å². The zero-order chi connectivity index (χ0) is 14.8. The summed E-state index contributed by atoms with van der Waals surface area (Å²) in [5.74, 6) is 1.84. The molecule has 0 radical (unpaired) electrons. The number of carbonyl (C=O) groups excluding carboxylic acids is 1. The van der Waals surface area contributed by atoms with Gasteiger partial charge in [0.15, 0.2) is 0 Å². The average molecular weight is 290 g/mol. The quantitative estimate of drug-likeness (QED) is 0.831. The molecule has 1 heterocycles. The zero-order valence-corrected chi connectivity index (χ0v) is 12.6. The molecule has 2 aliphatic rings. The summed E-state index contributed by atoms with van der Waals surface area (Å²) in [7, 11) is 1.67. The summed E-state index contributed by atoms with van der Waals surface area (Å²) < 4.78 is 11.2. The summed E-state index contributed by atoms with van der Waals surface area (Å²) in [6, 6.07) is 4.47. The molecule has 1 aromatic carbocycles. The molecular weight excluding hydrogens is 268 g/mol. The predicted octanol–water partition coefficient (Wildman–Crippen LogP) is 1.39. The summed E-state index contributed by atoms with van der Waals surface area (Å²) in [5, 5.41) is 6.12. The molecule has 5 nitrogen and oxygen atoms in total. The summed E-state index contributed by atoms with van der Waals surface area (Å²) in [6.45, 7) is 2.98. The van der Waals surface area contributed by atoms with Gasteiger partial charge in [-0.3, -0.25) is 4.79 Å². The third kappa shape index (κ3) is 3.47. The van der Waals surface area contributed by atoms with Gasteiger partial charge in [-0.05, 0) is 31.9 Å². The zero-order valence-electron chi connectivity index (χ0n) is 12.6. The molecule has 1 amide bonds. The topological polar surface area (TPSA) is 59.6 Å². The Balaban J connectivity index is 1.59. The molecule has 0 aromatic heterocycles. The molecule has 1 unspecified atom stereocenters. The third-order valence-electron chi connectivity index (χ3n) is 3.84. The monoisotopic (exact) mass is 290 g/mol. The van der Waals surface area contributed by atoms with Crippen molar-refractivity contribution in [1.82, 2.24) is 10.6 Å². The number of amides is 1. The fourth-order valence-electron chi connectivity index (χ4n) is 2.63. The lowest BCUT2D eigenvalue weighted by molar-refractivity contribution is -0.120. The molecule has 21 heavy (non-hydrogen) atoms. The minimum atomic E-state index is 0.0579. The van der Waals surface area contributed by atoms with Crippen molar-refractivity contribution in [1.29, 1.82) is 0 Å². The summed E-state index contributed by atoms with van der Waals surface area (Å²) in [6.07, 6.45) is 3.36. The Morgan fingerprint density at radius 1 is 1.43 bits per heavy atom. The van der Waals surface area contributed by atoms with Gasteiger partial charge in [0, 0.05) is 30.1 Å². The molecule has 1 saturated carbocycles. The van der Waals surface area contributed by atoms with Crippen LogP contribution in [0.1, 0.15) is 30.9 Å². The first-order valence-corrected chi connectivity index (χ1v) is 7.52. The van der Waals surface area contributed by atoms with Crippen molar-refractivity contribution in [3.05, 3.63) is 23.3 Å². The fraction of sp³-hybridized carbons (Fsp3) is 0.562. The second-order valence-electron chi connectivity index (χ2n) is 5.85. The van der Waals surface area contributed by atoms with Gasteiger partial charge in [-0.1, -0.05) is 0 Å². The molecule has 1 aromatic rings. The van der Waals surface area contributed by atoms with E-state index in [-0.39, 0.29) is 12.0 Å². The van der Waals surface area contributed by atoms with E-state index in [9.17, 15) is 4.79 Å². The van der Waals surface area contributed by atoms with Gasteiger partial charge in [0.2, 0.25) is 5.91 Å². The number of fused-ring (bicyclic) bond motifs is 1. The standard InChI is InChI=1S/C16H22N2O3/c1-10-5-11-6-14(20-2)12(7-15(11)21-10)8-17-9-16(19)18-13-3-4-13/h6-7,10,13,17H,3-5,8-9H2,1-2H3,(H,18,19). The minimum absolute atomic E-state index is 0.0579. The van der Waals surface area contributed by atoms with E-state index in [4.69, 9.17) is 9.47 Å². The van der Waals surface area contributed by atoms with Crippen LogP contribution in [0.5, 0.6) is 11.5 Å². The van der Waals surface area contributed by atoms with Crippen molar-refractivity contribution in [2.24, 2.45) is 0 Å². The second kappa shape index (κ2) is 5.93. The number of rotatable bonds is 6. The lowest BCUT2D eigenvalue weighted by Gasteiger charge is -2.12. The van der Waals surface area contributed by atoms with E-state index in [1.807, 2.05) is 12.1 Å². The van der Waals surface area contributed by atoms with Crippen LogP contribution in [0, 0.1) is 0 Å². The molecule has 3 rings (SSSR count). The highest BCUT2D eigenvalue weighted by atomic mass is 16.5. The maximum atomic E-state index is 11.6. The van der Waals surface area contributed by atoms with Crippen LogP contribution in [-0.2, 0) is 17.8 Å². The number of hydrogen-bond acceptors (Lipinski definition) is 4. The largest absolute Gasteiger partial charge is 0.496 e. The number of benzene rings is 1. The van der Waals surface area contributed by atoms with Crippen LogP contribution < -0.4 is 20.1 Å². The van der Waals surface area contributed by atoms with E-state index in [0.717, 1.165) is 36.3 Å². The van der Waals surface area contributed by atoms with Gasteiger partial charge in [-0.25, -0.2) is 0 Å². The predicted molar refractivity (Wildman–Crippen MR) is 79.7 cm³/mol. The Morgan fingerprint density at radius 3 is 2.95 bits per heavy atom. The Labute approximate surface area is 125 Å². The van der Waals surface area contributed by atoms with E-state index < -0.39 is 0 Å². The van der Waals surface area contributed by atoms with Gasteiger partial charge in [0.25, 0.3) is 0 Å². The molecule has 1 fully saturated rings. The molecule has 1 aliphatic heterocycles. The molecule has 1 atom stereocenters. The molecule has 5 heteroatoms. The molecule has 2 N–H and O–H groups in total. The van der Waals surface area contributed by atoms with Gasteiger partial charge in [0.05, 0.1) is 13.7 Å². The Bertz CT molecular complexity index is 541. The normalized spacial score (nSPS) is 19.8. The van der Waals surface area contributed by atoms with Crippen LogP contribution in [0.2, 0.25) is 0 Å². The van der Waals surface area contributed by atoms with Crippen LogP contribution in [0.15, 0.2) is 12.1 Å². The fourth-order valence-corrected chi connectivity index (χ4v) is 2.63. The first-order chi connectivity index (χ1) is 10.2. The van der Waals surface area contributed by atoms with E-state index in [1.54, 1.807) is 7.11 Å². The smallest absolute Gasteiger partial charge is 0.234 e. The van der Waals surface area contributed by atoms with Gasteiger partial charge in [-0.15, -0.1) is 0 Å². The van der Waals surface area contributed by atoms with Crippen LogP contribution in [0.3, 0.4) is 0 Å². The van der Waals surface area contributed by atoms with Crippen LogP contribution >= 0.6 is 0 Å². The number of carbonyl (C=O) groups is 1. The molecular formula is C16H22N2O3. The maximum absolute atomic E-state index is 11.6. The van der Waals surface area contributed by atoms with Gasteiger partial charge >= 0.3 is 0 Å². The van der Waals surface area contributed by atoms with Crippen molar-refractivity contribution in [2.75, 3.05) is 13.7 Å². The first kappa shape index (κ1) is 14.2. The highest BCUT2D eigenvalue weighted by molar-refractivity contribution is 5.78. The number of hydrogen-bond donors (Lipinski definition) is 2. The van der Waals surface area contributed by atoms with Gasteiger partial charge < -0.3 is 20.1 Å². The van der Waals surface area contributed by atoms with E-state index in [1.165, 1.54) is 5.56 Å². The first-order valence-electron chi connectivity index (χ1n) is 7.52. The van der Waals surface area contributed by atoms with Crippen molar-refractivity contribution in [3.63, 3.8) is 0 Å². The minimum Gasteiger partial charge on any atom is -0.496 e. The van der Waals surface area contributed by atoms with E-state index in [0.29, 0.717) is 19.1 Å². The lowest BCUT2D eigenvalue weighted by Crippen LogP contribution is -2.34. The highest BCUT2D eigenvalue weighted by Gasteiger charge is 2.23. The van der Waals surface area contributed by atoms with E-state index >= 15 is 0 Å². The Morgan fingerprint density at radius 2 is 2.24 bits per heavy atom. The second-order valence-corrected chi connectivity index (χ2v) is 5.85.